The Morgan fingerprint density at radius 1 is 0.480 bits per heavy atom. The molecule has 6 nitrogen and oxygen atoms in total. The van der Waals surface area contributed by atoms with Gasteiger partial charge in [-0.3, -0.25) is 0 Å². The molecule has 0 heterocycles. The first-order valence-electron chi connectivity index (χ1n) is 9.04. The van der Waals surface area contributed by atoms with E-state index in [0.29, 0.717) is 0 Å². The van der Waals surface area contributed by atoms with Crippen LogP contribution in [0.25, 0.3) is 0 Å². The molecule has 0 aromatic carbocycles. The van der Waals surface area contributed by atoms with Crippen molar-refractivity contribution >= 4 is 35.3 Å². The first kappa shape index (κ1) is 23.9. The van der Waals surface area contributed by atoms with Crippen LogP contribution in [0.3, 0.4) is 0 Å². The van der Waals surface area contributed by atoms with Crippen molar-refractivity contribution in [1.29, 1.82) is 0 Å². The van der Waals surface area contributed by atoms with Gasteiger partial charge < -0.3 is 29.7 Å². The van der Waals surface area contributed by atoms with Gasteiger partial charge in [-0.15, -0.1) is 0 Å². The first-order chi connectivity index (χ1) is 11.4. The van der Waals surface area contributed by atoms with Crippen molar-refractivity contribution in [2.24, 2.45) is 17.8 Å². The van der Waals surface area contributed by atoms with E-state index in [2.05, 4.69) is 0 Å². The molecule has 0 aliphatic heterocycles. The van der Waals surface area contributed by atoms with Gasteiger partial charge in [0.2, 0.25) is 0 Å². The first-order valence-corrected chi connectivity index (χ1v) is 9.04. The van der Waals surface area contributed by atoms with E-state index >= 15 is 0 Å². The molecule has 7 heteroatoms. The van der Waals surface area contributed by atoms with Crippen LogP contribution in [0.2, 0.25) is 0 Å². The minimum atomic E-state index is -0.859. The molecule has 0 aromatic rings. The summed E-state index contributed by atoms with van der Waals surface area (Å²) in [4.78, 5) is 30.3. The second kappa shape index (κ2) is 13.2. The molecule has 0 N–H and O–H groups in total. The Bertz CT molecular complexity index is 346. The molecule has 138 valence electrons. The van der Waals surface area contributed by atoms with Gasteiger partial charge >= 0.3 is 17.4 Å². The Morgan fingerprint density at radius 2 is 0.640 bits per heavy atom. The van der Waals surface area contributed by atoms with Crippen molar-refractivity contribution in [3.05, 3.63) is 0 Å². The summed E-state index contributed by atoms with van der Waals surface area (Å²) in [5.41, 5.74) is 0. The fraction of sp³-hybridized carbons (Fsp3) is 0.833. The molecular formula is C18H27AlO6. The number of carboxylic acid groups (broad SMARTS) is 3. The Kier molecular flexibility index (Phi) is 12.6. The van der Waals surface area contributed by atoms with Crippen LogP contribution >= 0.6 is 0 Å². The van der Waals surface area contributed by atoms with Gasteiger partial charge in [-0.2, -0.15) is 0 Å². The third-order valence-corrected chi connectivity index (χ3v) is 5.07. The molecule has 0 aromatic heterocycles. The largest absolute Gasteiger partial charge is 3.00 e. The molecule has 0 amide bonds. The number of rotatable bonds is 3. The second-order valence-electron chi connectivity index (χ2n) is 6.90. The number of carboxylic acids is 3. The SMILES string of the molecule is O=C([O-])C1CCCC1.O=C([O-])C1CCCC1.O=C([O-])C1CCCC1.[Al+3]. The Labute approximate surface area is 160 Å². The summed E-state index contributed by atoms with van der Waals surface area (Å²) < 4.78 is 0. The van der Waals surface area contributed by atoms with E-state index in [9.17, 15) is 29.7 Å². The van der Waals surface area contributed by atoms with Gasteiger partial charge in [-0.25, -0.2) is 0 Å². The molecule has 0 saturated heterocycles. The fourth-order valence-electron chi connectivity index (χ4n) is 3.48. The molecular weight excluding hydrogens is 339 g/mol. The number of aliphatic carboxylic acids is 3. The van der Waals surface area contributed by atoms with Gasteiger partial charge in [-0.1, -0.05) is 38.5 Å². The van der Waals surface area contributed by atoms with Crippen molar-refractivity contribution in [2.75, 3.05) is 0 Å². The van der Waals surface area contributed by atoms with Crippen LogP contribution in [0, 0.1) is 17.8 Å². The summed E-state index contributed by atoms with van der Waals surface area (Å²) in [5, 5.41) is 30.3. The quantitative estimate of drug-likeness (QED) is 0.615. The minimum Gasteiger partial charge on any atom is -0.550 e. The average molecular weight is 366 g/mol. The van der Waals surface area contributed by atoms with Gasteiger partial charge in [0.15, 0.2) is 0 Å². The molecule has 0 bridgehead atoms. The van der Waals surface area contributed by atoms with E-state index in [1.165, 1.54) is 0 Å². The van der Waals surface area contributed by atoms with E-state index in [4.69, 9.17) is 0 Å². The number of hydrogen-bond donors (Lipinski definition) is 0. The summed E-state index contributed by atoms with van der Waals surface area (Å²) in [7, 11) is 0. The number of carbonyl (C=O) groups excluding carboxylic acids is 3. The summed E-state index contributed by atoms with van der Waals surface area (Å²) in [6, 6.07) is 0. The van der Waals surface area contributed by atoms with Gasteiger partial charge in [-0.05, 0) is 56.3 Å². The van der Waals surface area contributed by atoms with Gasteiger partial charge in [0.1, 0.15) is 0 Å². The van der Waals surface area contributed by atoms with E-state index in [1.807, 2.05) is 0 Å². The van der Waals surface area contributed by atoms with E-state index in [-0.39, 0.29) is 35.1 Å². The zero-order valence-electron chi connectivity index (χ0n) is 14.7. The Hall–Kier alpha value is -1.06. The van der Waals surface area contributed by atoms with Crippen LogP contribution in [0.4, 0.5) is 0 Å². The average Bonchev–Trinajstić information content (AvgIpc) is 3.29. The molecule has 3 rings (SSSR count). The van der Waals surface area contributed by atoms with Crippen LogP contribution < -0.4 is 15.3 Å². The summed E-state index contributed by atoms with van der Waals surface area (Å²) in [5.74, 6) is -2.97. The van der Waals surface area contributed by atoms with E-state index in [1.54, 1.807) is 0 Å². The number of carbonyl (C=O) groups is 3. The van der Waals surface area contributed by atoms with Crippen LogP contribution in [-0.2, 0) is 14.4 Å². The van der Waals surface area contributed by atoms with Gasteiger partial charge in [0.05, 0.1) is 0 Å². The van der Waals surface area contributed by atoms with Crippen LogP contribution in [0.15, 0.2) is 0 Å². The summed E-state index contributed by atoms with van der Waals surface area (Å²) >= 11 is 0. The molecule has 0 radical (unpaired) electrons. The molecule has 3 aliphatic carbocycles. The van der Waals surface area contributed by atoms with E-state index in [0.717, 1.165) is 77.0 Å². The molecule has 0 unspecified atom stereocenters. The zero-order chi connectivity index (χ0) is 17.9. The molecule has 0 spiro atoms. The molecule has 0 atom stereocenters. The smallest absolute Gasteiger partial charge is 0.550 e. The van der Waals surface area contributed by atoms with E-state index < -0.39 is 17.9 Å². The van der Waals surface area contributed by atoms with Crippen molar-refractivity contribution in [3.63, 3.8) is 0 Å². The predicted molar refractivity (Wildman–Crippen MR) is 86.6 cm³/mol. The van der Waals surface area contributed by atoms with Crippen LogP contribution in [0.5, 0.6) is 0 Å². The maximum absolute atomic E-state index is 10.1. The van der Waals surface area contributed by atoms with Crippen molar-refractivity contribution in [1.82, 2.24) is 0 Å². The second-order valence-corrected chi connectivity index (χ2v) is 6.90. The Balaban J connectivity index is 0.000000339. The topological polar surface area (TPSA) is 120 Å². The standard InChI is InChI=1S/3C6H10O2.Al/c3*7-6(8)5-3-1-2-4-5;/h3*5H,1-4H2,(H,7,8);/q;;;+3/p-3. The zero-order valence-corrected chi connectivity index (χ0v) is 15.9. The summed E-state index contributed by atoms with van der Waals surface area (Å²) in [6.07, 6.45) is 11.4. The fourth-order valence-corrected chi connectivity index (χ4v) is 3.48. The maximum atomic E-state index is 10.1. The molecule has 3 aliphatic rings. The normalized spacial score (nSPS) is 20.6. The molecule has 3 fully saturated rings. The molecule has 3 saturated carbocycles. The van der Waals surface area contributed by atoms with Crippen molar-refractivity contribution < 1.29 is 29.7 Å². The van der Waals surface area contributed by atoms with Crippen molar-refractivity contribution in [2.45, 2.75) is 77.0 Å². The Morgan fingerprint density at radius 3 is 0.720 bits per heavy atom. The third kappa shape index (κ3) is 9.86. The molecule has 25 heavy (non-hydrogen) atoms. The van der Waals surface area contributed by atoms with Crippen LogP contribution in [0.1, 0.15) is 77.0 Å². The number of hydrogen-bond acceptors (Lipinski definition) is 6. The minimum absolute atomic E-state index is 0. The van der Waals surface area contributed by atoms with Gasteiger partial charge in [0.25, 0.3) is 0 Å². The van der Waals surface area contributed by atoms with Crippen LogP contribution in [-0.4, -0.2) is 35.3 Å². The monoisotopic (exact) mass is 366 g/mol. The van der Waals surface area contributed by atoms with Gasteiger partial charge in [0, 0.05) is 17.9 Å². The maximum Gasteiger partial charge on any atom is 3.00 e. The third-order valence-electron chi connectivity index (χ3n) is 5.07. The summed E-state index contributed by atoms with van der Waals surface area (Å²) in [6.45, 7) is 0. The predicted octanol–water partition coefficient (Wildman–Crippen LogP) is -0.601. The van der Waals surface area contributed by atoms with Crippen molar-refractivity contribution in [3.8, 4) is 0 Å².